The molecule has 1 aromatic carbocycles. The first-order valence-electron chi connectivity index (χ1n) is 6.05. The van der Waals surface area contributed by atoms with Crippen LogP contribution < -0.4 is 5.73 Å². The lowest BCUT2D eigenvalue weighted by molar-refractivity contribution is 0.219. The van der Waals surface area contributed by atoms with Gasteiger partial charge in [0.05, 0.1) is 0 Å². The Hall–Kier alpha value is -0.860. The van der Waals surface area contributed by atoms with E-state index >= 15 is 0 Å². The van der Waals surface area contributed by atoms with Crippen LogP contribution in [0.15, 0.2) is 18.2 Å². The number of benzene rings is 1. The largest absolute Gasteiger partial charge is 0.329 e. The predicted molar refractivity (Wildman–Crippen MR) is 70.5 cm³/mol. The van der Waals surface area contributed by atoms with E-state index in [2.05, 4.69) is 50.8 Å². The maximum Gasteiger partial charge on any atom is 0.0239 e. The second kappa shape index (κ2) is 6.02. The first-order valence-corrected chi connectivity index (χ1v) is 6.05. The highest BCUT2D eigenvalue weighted by Crippen LogP contribution is 2.14. The maximum atomic E-state index is 5.65. The van der Waals surface area contributed by atoms with Crippen molar-refractivity contribution in [3.05, 3.63) is 34.9 Å². The molecule has 0 spiro atoms. The third-order valence-corrected chi connectivity index (χ3v) is 3.02. The molecular weight excluding hydrogens is 196 g/mol. The maximum absolute atomic E-state index is 5.65. The topological polar surface area (TPSA) is 29.3 Å². The van der Waals surface area contributed by atoms with Crippen LogP contribution in [0.25, 0.3) is 0 Å². The molecule has 0 aliphatic carbocycles. The lowest BCUT2D eigenvalue weighted by Gasteiger charge is -2.26. The van der Waals surface area contributed by atoms with Crippen LogP contribution in [0.3, 0.4) is 0 Å². The Morgan fingerprint density at radius 2 is 1.94 bits per heavy atom. The van der Waals surface area contributed by atoms with E-state index in [0.29, 0.717) is 6.04 Å². The molecule has 0 bridgehead atoms. The van der Waals surface area contributed by atoms with Crippen LogP contribution in [0, 0.1) is 13.8 Å². The van der Waals surface area contributed by atoms with Gasteiger partial charge in [-0.2, -0.15) is 0 Å². The van der Waals surface area contributed by atoms with E-state index in [1.165, 1.54) is 16.7 Å². The first-order chi connectivity index (χ1) is 7.54. The Balaban J connectivity index is 2.80. The predicted octanol–water partition coefficient (Wildman–Crippen LogP) is 2.47. The Morgan fingerprint density at radius 1 is 1.25 bits per heavy atom. The Bertz CT molecular complexity index is 332. The minimum atomic E-state index is 0.545. The molecular formula is C14H24N2. The summed E-state index contributed by atoms with van der Waals surface area (Å²) in [5.74, 6) is 0. The van der Waals surface area contributed by atoms with Gasteiger partial charge < -0.3 is 5.73 Å². The van der Waals surface area contributed by atoms with Gasteiger partial charge in [-0.05, 0) is 38.8 Å². The molecule has 1 aromatic rings. The van der Waals surface area contributed by atoms with E-state index in [1.807, 2.05) is 0 Å². The smallest absolute Gasteiger partial charge is 0.0239 e. The lowest BCUT2D eigenvalue weighted by atomic mass is 10.0. The molecule has 0 aromatic heterocycles. The third-order valence-electron chi connectivity index (χ3n) is 3.02. The molecule has 0 unspecified atom stereocenters. The summed E-state index contributed by atoms with van der Waals surface area (Å²) in [6, 6.07) is 7.19. The van der Waals surface area contributed by atoms with Crippen molar-refractivity contribution in [2.75, 3.05) is 13.1 Å². The Labute approximate surface area is 99.5 Å². The van der Waals surface area contributed by atoms with Gasteiger partial charge in [-0.1, -0.05) is 23.8 Å². The van der Waals surface area contributed by atoms with E-state index in [9.17, 15) is 0 Å². The number of nitrogens with zero attached hydrogens (tertiary/aromatic N) is 1. The quantitative estimate of drug-likeness (QED) is 0.826. The molecule has 2 N–H and O–H groups in total. The third kappa shape index (κ3) is 3.62. The van der Waals surface area contributed by atoms with Gasteiger partial charge in [-0.3, -0.25) is 4.90 Å². The number of aryl methyl sites for hydroxylation is 2. The highest BCUT2D eigenvalue weighted by molar-refractivity contribution is 5.30. The molecule has 2 nitrogen and oxygen atoms in total. The highest BCUT2D eigenvalue weighted by atomic mass is 15.1. The van der Waals surface area contributed by atoms with Crippen LogP contribution in [-0.4, -0.2) is 24.0 Å². The summed E-state index contributed by atoms with van der Waals surface area (Å²) in [4.78, 5) is 2.42. The summed E-state index contributed by atoms with van der Waals surface area (Å²) in [7, 11) is 0. The van der Waals surface area contributed by atoms with Gasteiger partial charge in [0, 0.05) is 25.7 Å². The van der Waals surface area contributed by atoms with Crippen LogP contribution in [0.1, 0.15) is 30.5 Å². The van der Waals surface area contributed by atoms with Gasteiger partial charge in [0.25, 0.3) is 0 Å². The van der Waals surface area contributed by atoms with Crippen molar-refractivity contribution in [1.29, 1.82) is 0 Å². The molecule has 0 saturated carbocycles. The fourth-order valence-corrected chi connectivity index (χ4v) is 1.88. The minimum Gasteiger partial charge on any atom is -0.329 e. The van der Waals surface area contributed by atoms with E-state index < -0.39 is 0 Å². The summed E-state index contributed by atoms with van der Waals surface area (Å²) >= 11 is 0. The van der Waals surface area contributed by atoms with Crippen molar-refractivity contribution in [3.8, 4) is 0 Å². The van der Waals surface area contributed by atoms with Crippen molar-refractivity contribution in [3.63, 3.8) is 0 Å². The molecule has 0 heterocycles. The molecule has 0 fully saturated rings. The van der Waals surface area contributed by atoms with E-state index in [-0.39, 0.29) is 0 Å². The molecule has 90 valence electrons. The number of nitrogens with two attached hydrogens (primary N) is 1. The van der Waals surface area contributed by atoms with Gasteiger partial charge in [0.15, 0.2) is 0 Å². The number of hydrogen-bond donors (Lipinski definition) is 1. The van der Waals surface area contributed by atoms with Crippen LogP contribution in [0.5, 0.6) is 0 Å². The van der Waals surface area contributed by atoms with Crippen molar-refractivity contribution in [2.45, 2.75) is 40.3 Å². The fraction of sp³-hybridized carbons (Fsp3) is 0.571. The molecule has 0 aliphatic heterocycles. The summed E-state index contributed by atoms with van der Waals surface area (Å²) in [6.07, 6.45) is 0. The van der Waals surface area contributed by atoms with E-state index in [1.54, 1.807) is 0 Å². The van der Waals surface area contributed by atoms with E-state index in [4.69, 9.17) is 5.73 Å². The molecule has 2 heteroatoms. The molecule has 16 heavy (non-hydrogen) atoms. The highest BCUT2D eigenvalue weighted by Gasteiger charge is 2.10. The van der Waals surface area contributed by atoms with Crippen molar-refractivity contribution >= 4 is 0 Å². The van der Waals surface area contributed by atoms with Gasteiger partial charge in [-0.15, -0.1) is 0 Å². The fourth-order valence-electron chi connectivity index (χ4n) is 1.88. The average Bonchev–Trinajstić information content (AvgIpc) is 2.22. The average molecular weight is 220 g/mol. The number of hydrogen-bond acceptors (Lipinski definition) is 2. The molecule has 0 aliphatic rings. The summed E-state index contributed by atoms with van der Waals surface area (Å²) in [5.41, 5.74) is 9.77. The van der Waals surface area contributed by atoms with Gasteiger partial charge >= 0.3 is 0 Å². The van der Waals surface area contributed by atoms with Gasteiger partial charge in [0.1, 0.15) is 0 Å². The molecule has 0 radical (unpaired) electrons. The minimum absolute atomic E-state index is 0.545. The second-order valence-electron chi connectivity index (χ2n) is 4.78. The normalized spacial score (nSPS) is 11.4. The van der Waals surface area contributed by atoms with Gasteiger partial charge in [0.2, 0.25) is 0 Å². The summed E-state index contributed by atoms with van der Waals surface area (Å²) in [5, 5.41) is 0. The zero-order chi connectivity index (χ0) is 12.1. The zero-order valence-corrected chi connectivity index (χ0v) is 11.0. The molecule has 0 amide bonds. The van der Waals surface area contributed by atoms with Crippen LogP contribution in [0.4, 0.5) is 0 Å². The molecule has 1 rings (SSSR count). The Kier molecular flexibility index (Phi) is 4.97. The van der Waals surface area contributed by atoms with Crippen molar-refractivity contribution in [1.82, 2.24) is 4.90 Å². The van der Waals surface area contributed by atoms with Crippen LogP contribution >= 0.6 is 0 Å². The van der Waals surface area contributed by atoms with Gasteiger partial charge in [-0.25, -0.2) is 0 Å². The zero-order valence-electron chi connectivity index (χ0n) is 11.0. The molecule has 0 atom stereocenters. The first kappa shape index (κ1) is 13.2. The SMILES string of the molecule is Cc1ccc(C)c(CN(CCN)C(C)C)c1. The van der Waals surface area contributed by atoms with Crippen molar-refractivity contribution < 1.29 is 0 Å². The lowest BCUT2D eigenvalue weighted by Crippen LogP contribution is -2.35. The number of rotatable bonds is 5. The van der Waals surface area contributed by atoms with E-state index in [0.717, 1.165) is 19.6 Å². The molecule has 0 saturated heterocycles. The van der Waals surface area contributed by atoms with Crippen LogP contribution in [0.2, 0.25) is 0 Å². The summed E-state index contributed by atoms with van der Waals surface area (Å²) in [6.45, 7) is 11.5. The monoisotopic (exact) mass is 220 g/mol. The summed E-state index contributed by atoms with van der Waals surface area (Å²) < 4.78 is 0. The Morgan fingerprint density at radius 3 is 2.50 bits per heavy atom. The second-order valence-corrected chi connectivity index (χ2v) is 4.78. The van der Waals surface area contributed by atoms with Crippen LogP contribution in [-0.2, 0) is 6.54 Å². The standard InChI is InChI=1S/C14H24N2/c1-11(2)16(8-7-15)10-14-9-12(3)5-6-13(14)4/h5-6,9,11H,7-8,10,15H2,1-4H3. The van der Waals surface area contributed by atoms with Crippen molar-refractivity contribution in [2.24, 2.45) is 5.73 Å².